The minimum atomic E-state index is -0.167. The van der Waals surface area contributed by atoms with Crippen molar-refractivity contribution >= 4 is 17.5 Å². The molecule has 5 heteroatoms. The summed E-state index contributed by atoms with van der Waals surface area (Å²) in [5.41, 5.74) is 1.23. The van der Waals surface area contributed by atoms with E-state index in [4.69, 9.17) is 4.74 Å². The van der Waals surface area contributed by atoms with E-state index in [0.717, 1.165) is 12.8 Å². The van der Waals surface area contributed by atoms with Gasteiger partial charge in [0.15, 0.2) is 6.61 Å². The summed E-state index contributed by atoms with van der Waals surface area (Å²) in [6.07, 6.45) is 4.56. The van der Waals surface area contributed by atoms with Crippen LogP contribution < -0.4 is 10.1 Å². The van der Waals surface area contributed by atoms with E-state index in [1.807, 2.05) is 11.9 Å². The number of carbonyl (C=O) groups is 2. The number of carbonyl (C=O) groups excluding carboxylic acids is 2. The third kappa shape index (κ3) is 2.35. The van der Waals surface area contributed by atoms with E-state index in [0.29, 0.717) is 23.0 Å². The zero-order valence-electron chi connectivity index (χ0n) is 11.5. The number of hydrogen-bond donors (Lipinski definition) is 1. The minimum Gasteiger partial charge on any atom is -0.482 e. The summed E-state index contributed by atoms with van der Waals surface area (Å²) in [7, 11) is 1.86. The Labute approximate surface area is 117 Å². The van der Waals surface area contributed by atoms with E-state index in [2.05, 4.69) is 5.32 Å². The number of hydrogen-bond acceptors (Lipinski definition) is 3. The van der Waals surface area contributed by atoms with E-state index in [-0.39, 0.29) is 18.4 Å². The molecule has 1 aliphatic carbocycles. The molecule has 1 fully saturated rings. The molecule has 0 atom stereocenters. The van der Waals surface area contributed by atoms with Gasteiger partial charge in [-0.15, -0.1) is 0 Å². The van der Waals surface area contributed by atoms with Crippen LogP contribution >= 0.6 is 0 Å². The molecule has 1 aliphatic heterocycles. The normalized spacial score (nSPS) is 18.1. The zero-order chi connectivity index (χ0) is 14.1. The van der Waals surface area contributed by atoms with Gasteiger partial charge in [-0.3, -0.25) is 9.59 Å². The van der Waals surface area contributed by atoms with Crippen molar-refractivity contribution in [1.82, 2.24) is 4.90 Å². The zero-order valence-corrected chi connectivity index (χ0v) is 11.5. The van der Waals surface area contributed by atoms with E-state index < -0.39 is 0 Å². The second kappa shape index (κ2) is 5.15. The first-order valence-electron chi connectivity index (χ1n) is 6.99. The molecule has 1 N–H and O–H groups in total. The number of ether oxygens (including phenoxy) is 1. The van der Waals surface area contributed by atoms with Gasteiger partial charge in [-0.1, -0.05) is 12.8 Å². The molecule has 0 bridgehead atoms. The molecule has 2 amide bonds. The van der Waals surface area contributed by atoms with Gasteiger partial charge in [0, 0.05) is 18.7 Å². The molecule has 0 aromatic heterocycles. The van der Waals surface area contributed by atoms with Gasteiger partial charge in [0.05, 0.1) is 5.69 Å². The van der Waals surface area contributed by atoms with E-state index >= 15 is 0 Å². The van der Waals surface area contributed by atoms with Crippen molar-refractivity contribution in [3.63, 3.8) is 0 Å². The number of anilines is 1. The van der Waals surface area contributed by atoms with Crippen molar-refractivity contribution < 1.29 is 14.3 Å². The molecule has 3 rings (SSSR count). The van der Waals surface area contributed by atoms with Gasteiger partial charge in [-0.05, 0) is 31.0 Å². The van der Waals surface area contributed by atoms with Gasteiger partial charge in [0.25, 0.3) is 11.8 Å². The van der Waals surface area contributed by atoms with Crippen molar-refractivity contribution in [1.29, 1.82) is 0 Å². The molecule has 0 radical (unpaired) electrons. The molecule has 106 valence electrons. The van der Waals surface area contributed by atoms with Crippen molar-refractivity contribution in [2.75, 3.05) is 19.0 Å². The van der Waals surface area contributed by atoms with Crippen molar-refractivity contribution in [2.45, 2.75) is 31.7 Å². The fraction of sp³-hybridized carbons (Fsp3) is 0.467. The maximum Gasteiger partial charge on any atom is 0.262 e. The number of nitrogens with zero attached hydrogens (tertiary/aromatic N) is 1. The highest BCUT2D eigenvalue weighted by molar-refractivity contribution is 5.99. The number of nitrogens with one attached hydrogen (secondary N) is 1. The van der Waals surface area contributed by atoms with Crippen LogP contribution in [0.1, 0.15) is 36.0 Å². The molecule has 20 heavy (non-hydrogen) atoms. The van der Waals surface area contributed by atoms with Gasteiger partial charge in [0.2, 0.25) is 0 Å². The van der Waals surface area contributed by atoms with E-state index in [1.54, 1.807) is 18.2 Å². The lowest BCUT2D eigenvalue weighted by atomic mass is 10.1. The van der Waals surface area contributed by atoms with Gasteiger partial charge >= 0.3 is 0 Å². The predicted molar refractivity (Wildman–Crippen MR) is 74.9 cm³/mol. The summed E-state index contributed by atoms with van der Waals surface area (Å²) in [5, 5.41) is 2.72. The maximum absolute atomic E-state index is 12.5. The Morgan fingerprint density at radius 2 is 2.10 bits per heavy atom. The van der Waals surface area contributed by atoms with Crippen molar-refractivity contribution in [3.05, 3.63) is 23.8 Å². The highest BCUT2D eigenvalue weighted by Crippen LogP contribution is 2.30. The van der Waals surface area contributed by atoms with Crippen LogP contribution in [0, 0.1) is 0 Å². The van der Waals surface area contributed by atoms with Crippen LogP contribution in [0.2, 0.25) is 0 Å². The number of rotatable bonds is 2. The Kier molecular flexibility index (Phi) is 3.34. The lowest BCUT2D eigenvalue weighted by molar-refractivity contribution is -0.118. The topological polar surface area (TPSA) is 58.6 Å². The molecular weight excluding hydrogens is 256 g/mol. The predicted octanol–water partition coefficient (Wildman–Crippen LogP) is 2.03. The van der Waals surface area contributed by atoms with Gasteiger partial charge in [-0.25, -0.2) is 0 Å². The summed E-state index contributed by atoms with van der Waals surface area (Å²) in [4.78, 5) is 25.5. The SMILES string of the molecule is CN(C(=O)c1ccc2c(c1)OCC(=O)N2)C1CCCC1. The fourth-order valence-corrected chi connectivity index (χ4v) is 2.87. The average Bonchev–Trinajstić information content (AvgIpc) is 2.99. The second-order valence-corrected chi connectivity index (χ2v) is 5.40. The van der Waals surface area contributed by atoms with Gasteiger partial charge in [-0.2, -0.15) is 0 Å². The lowest BCUT2D eigenvalue weighted by Gasteiger charge is -2.25. The summed E-state index contributed by atoms with van der Waals surface area (Å²) < 4.78 is 5.35. The maximum atomic E-state index is 12.5. The van der Waals surface area contributed by atoms with Crippen LogP contribution in [0.15, 0.2) is 18.2 Å². The molecule has 1 aromatic carbocycles. The third-order valence-corrected chi connectivity index (χ3v) is 4.05. The number of amides is 2. The quantitative estimate of drug-likeness (QED) is 0.897. The standard InChI is InChI=1S/C15H18N2O3/c1-17(11-4-2-3-5-11)15(19)10-6-7-12-13(8-10)20-9-14(18)16-12/h6-8,11H,2-5,9H2,1H3,(H,16,18). The molecule has 0 spiro atoms. The van der Waals surface area contributed by atoms with Crippen molar-refractivity contribution in [3.8, 4) is 5.75 Å². The van der Waals surface area contributed by atoms with Crippen LogP contribution in [0.25, 0.3) is 0 Å². The summed E-state index contributed by atoms with van der Waals surface area (Å²) >= 11 is 0. The Hall–Kier alpha value is -2.04. The highest BCUT2D eigenvalue weighted by atomic mass is 16.5. The molecule has 5 nitrogen and oxygen atoms in total. The van der Waals surface area contributed by atoms with Crippen molar-refractivity contribution in [2.24, 2.45) is 0 Å². The molecule has 0 saturated heterocycles. The fourth-order valence-electron chi connectivity index (χ4n) is 2.87. The largest absolute Gasteiger partial charge is 0.482 e. The van der Waals surface area contributed by atoms with Crippen LogP contribution in [0.5, 0.6) is 5.75 Å². The summed E-state index contributed by atoms with van der Waals surface area (Å²) in [6.45, 7) is 0.00308. The molecular formula is C15H18N2O3. The van der Waals surface area contributed by atoms with E-state index in [1.165, 1.54) is 12.8 Å². The smallest absolute Gasteiger partial charge is 0.262 e. The van der Waals surface area contributed by atoms with Gasteiger partial charge < -0.3 is 15.0 Å². The second-order valence-electron chi connectivity index (χ2n) is 5.40. The van der Waals surface area contributed by atoms with Crippen LogP contribution in [-0.4, -0.2) is 36.4 Å². The molecule has 2 aliphatic rings. The Bertz CT molecular complexity index is 550. The summed E-state index contributed by atoms with van der Waals surface area (Å²) in [5.74, 6) is 0.412. The minimum absolute atomic E-state index is 0.00308. The third-order valence-electron chi connectivity index (χ3n) is 4.05. The number of benzene rings is 1. The highest BCUT2D eigenvalue weighted by Gasteiger charge is 2.25. The molecule has 0 unspecified atom stereocenters. The Morgan fingerprint density at radius 1 is 1.35 bits per heavy atom. The Morgan fingerprint density at radius 3 is 2.85 bits per heavy atom. The van der Waals surface area contributed by atoms with Crippen LogP contribution in [-0.2, 0) is 4.79 Å². The first kappa shape index (κ1) is 13.0. The first-order valence-corrected chi connectivity index (χ1v) is 6.99. The molecule has 1 aromatic rings. The lowest BCUT2D eigenvalue weighted by Crippen LogP contribution is -2.35. The molecule has 1 heterocycles. The van der Waals surface area contributed by atoms with E-state index in [9.17, 15) is 9.59 Å². The van der Waals surface area contributed by atoms with Crippen LogP contribution in [0.4, 0.5) is 5.69 Å². The van der Waals surface area contributed by atoms with Crippen LogP contribution in [0.3, 0.4) is 0 Å². The average molecular weight is 274 g/mol. The monoisotopic (exact) mass is 274 g/mol. The summed E-state index contributed by atoms with van der Waals surface area (Å²) in [6, 6.07) is 5.52. The molecule has 1 saturated carbocycles. The first-order chi connectivity index (χ1) is 9.65. The van der Waals surface area contributed by atoms with Gasteiger partial charge in [0.1, 0.15) is 5.75 Å². The Balaban J connectivity index is 1.80. The number of fused-ring (bicyclic) bond motifs is 1.